The van der Waals surface area contributed by atoms with E-state index in [9.17, 15) is 19.5 Å². The third-order valence-corrected chi connectivity index (χ3v) is 4.05. The van der Waals surface area contributed by atoms with Crippen molar-refractivity contribution in [3.63, 3.8) is 0 Å². The molecule has 19 heavy (non-hydrogen) atoms. The third kappa shape index (κ3) is 2.34. The molecule has 1 fully saturated rings. The first-order valence-corrected chi connectivity index (χ1v) is 6.38. The topological polar surface area (TPSA) is 95.5 Å². The van der Waals surface area contributed by atoms with Gasteiger partial charge in [0, 0.05) is 7.05 Å². The van der Waals surface area contributed by atoms with Crippen molar-refractivity contribution in [1.29, 1.82) is 0 Å². The number of rotatable bonds is 4. The van der Waals surface area contributed by atoms with Crippen LogP contribution in [0.1, 0.15) is 13.3 Å². The van der Waals surface area contributed by atoms with E-state index in [-0.39, 0.29) is 23.7 Å². The summed E-state index contributed by atoms with van der Waals surface area (Å²) >= 11 is 0. The second-order valence-corrected chi connectivity index (χ2v) is 5.18. The molecule has 0 aromatic heterocycles. The molecule has 6 nitrogen and oxygen atoms in total. The molecule has 0 saturated heterocycles. The standard InChI is InChI=1S/C13H18N2O4/c1-6(11(16)14-2)15-12(17)9-7-3-4-8(5-7)10(9)13(18)19/h3-4,6-10H,5H2,1-2H3,(H,14,16)(H,15,17)(H,18,19)/t6?,7?,8?,9-,10+/m0/s1. The van der Waals surface area contributed by atoms with E-state index >= 15 is 0 Å². The summed E-state index contributed by atoms with van der Waals surface area (Å²) in [4.78, 5) is 34.9. The van der Waals surface area contributed by atoms with E-state index in [0.717, 1.165) is 0 Å². The lowest BCUT2D eigenvalue weighted by Gasteiger charge is -2.25. The summed E-state index contributed by atoms with van der Waals surface area (Å²) in [6, 6.07) is -0.657. The minimum absolute atomic E-state index is 0.0250. The van der Waals surface area contributed by atoms with E-state index in [4.69, 9.17) is 0 Å². The van der Waals surface area contributed by atoms with Gasteiger partial charge in [0.2, 0.25) is 11.8 Å². The number of aliphatic carboxylic acids is 1. The van der Waals surface area contributed by atoms with Crippen LogP contribution >= 0.6 is 0 Å². The summed E-state index contributed by atoms with van der Waals surface area (Å²) in [5.41, 5.74) is 0. The lowest BCUT2D eigenvalue weighted by molar-refractivity contribution is -0.148. The van der Waals surface area contributed by atoms with Gasteiger partial charge in [0.1, 0.15) is 6.04 Å². The molecule has 0 aromatic rings. The molecule has 0 heterocycles. The fourth-order valence-corrected chi connectivity index (χ4v) is 3.11. The van der Waals surface area contributed by atoms with Crippen LogP contribution in [-0.2, 0) is 14.4 Å². The molecule has 5 atom stereocenters. The van der Waals surface area contributed by atoms with Crippen LogP contribution in [0, 0.1) is 23.7 Å². The Labute approximate surface area is 111 Å². The molecule has 0 aromatic carbocycles. The van der Waals surface area contributed by atoms with Crippen LogP contribution < -0.4 is 10.6 Å². The van der Waals surface area contributed by atoms with E-state index in [1.54, 1.807) is 6.92 Å². The number of allylic oxidation sites excluding steroid dienone is 2. The van der Waals surface area contributed by atoms with Crippen LogP contribution in [0.5, 0.6) is 0 Å². The quantitative estimate of drug-likeness (QED) is 0.612. The highest BCUT2D eigenvalue weighted by atomic mass is 16.4. The Morgan fingerprint density at radius 1 is 1.21 bits per heavy atom. The van der Waals surface area contributed by atoms with Crippen LogP contribution in [0.25, 0.3) is 0 Å². The summed E-state index contributed by atoms with van der Waals surface area (Å²) in [7, 11) is 1.49. The van der Waals surface area contributed by atoms with Crippen molar-refractivity contribution in [2.24, 2.45) is 23.7 Å². The second kappa shape index (κ2) is 5.03. The number of carbonyl (C=O) groups is 3. The maximum atomic E-state index is 12.2. The fourth-order valence-electron chi connectivity index (χ4n) is 3.11. The number of carboxylic acids is 1. The predicted molar refractivity (Wildman–Crippen MR) is 67.0 cm³/mol. The largest absolute Gasteiger partial charge is 0.481 e. The van der Waals surface area contributed by atoms with Gasteiger partial charge in [0.05, 0.1) is 11.8 Å². The van der Waals surface area contributed by atoms with Crippen LogP contribution in [-0.4, -0.2) is 36.0 Å². The van der Waals surface area contributed by atoms with E-state index in [1.165, 1.54) is 7.05 Å². The van der Waals surface area contributed by atoms with Crippen LogP contribution in [0.3, 0.4) is 0 Å². The van der Waals surface area contributed by atoms with Crippen molar-refractivity contribution in [2.45, 2.75) is 19.4 Å². The molecule has 104 valence electrons. The summed E-state index contributed by atoms with van der Waals surface area (Å²) < 4.78 is 0. The SMILES string of the molecule is CNC(=O)C(C)NC(=O)[C@H]1C2C=CC(C2)[C@H]1C(=O)O. The first-order valence-electron chi connectivity index (χ1n) is 6.38. The number of carbonyl (C=O) groups excluding carboxylic acids is 2. The Hall–Kier alpha value is -1.85. The van der Waals surface area contributed by atoms with Gasteiger partial charge in [-0.1, -0.05) is 12.2 Å². The van der Waals surface area contributed by atoms with Crippen molar-refractivity contribution in [3.8, 4) is 0 Å². The molecule has 2 amide bonds. The van der Waals surface area contributed by atoms with Gasteiger partial charge in [0.15, 0.2) is 0 Å². The van der Waals surface area contributed by atoms with Crippen LogP contribution in [0.15, 0.2) is 12.2 Å². The summed E-state index contributed by atoms with van der Waals surface area (Å²) in [5.74, 6) is -2.91. The van der Waals surface area contributed by atoms with Gasteiger partial charge < -0.3 is 15.7 Å². The van der Waals surface area contributed by atoms with Crippen molar-refractivity contribution in [3.05, 3.63) is 12.2 Å². The maximum Gasteiger partial charge on any atom is 0.307 e. The van der Waals surface area contributed by atoms with Crippen molar-refractivity contribution in [2.75, 3.05) is 7.05 Å². The van der Waals surface area contributed by atoms with E-state index in [2.05, 4.69) is 10.6 Å². The Kier molecular flexibility index (Phi) is 3.59. The Morgan fingerprint density at radius 3 is 2.32 bits per heavy atom. The van der Waals surface area contributed by atoms with Crippen LogP contribution in [0.2, 0.25) is 0 Å². The molecular weight excluding hydrogens is 248 g/mol. The molecule has 0 aliphatic heterocycles. The van der Waals surface area contributed by atoms with Crippen LogP contribution in [0.4, 0.5) is 0 Å². The summed E-state index contributed by atoms with van der Waals surface area (Å²) in [5, 5.41) is 14.3. The molecular formula is C13H18N2O4. The van der Waals surface area contributed by atoms with Gasteiger partial charge in [-0.25, -0.2) is 0 Å². The number of hydrogen-bond acceptors (Lipinski definition) is 3. The van der Waals surface area contributed by atoms with Crippen molar-refractivity contribution in [1.82, 2.24) is 10.6 Å². The Bertz CT molecular complexity index is 446. The molecule has 2 aliphatic rings. The van der Waals surface area contributed by atoms with Crippen molar-refractivity contribution >= 4 is 17.8 Å². The molecule has 1 saturated carbocycles. The minimum Gasteiger partial charge on any atom is -0.481 e. The maximum absolute atomic E-state index is 12.2. The molecule has 3 unspecified atom stereocenters. The Balaban J connectivity index is 2.08. The van der Waals surface area contributed by atoms with E-state index in [1.807, 2.05) is 12.2 Å². The van der Waals surface area contributed by atoms with E-state index in [0.29, 0.717) is 6.42 Å². The predicted octanol–water partition coefficient (Wildman–Crippen LogP) is -0.240. The number of likely N-dealkylation sites (N-methyl/N-ethyl adjacent to an activating group) is 1. The highest BCUT2D eigenvalue weighted by molar-refractivity contribution is 5.91. The monoisotopic (exact) mass is 266 g/mol. The van der Waals surface area contributed by atoms with Gasteiger partial charge >= 0.3 is 5.97 Å². The summed E-state index contributed by atoms with van der Waals surface area (Å²) in [6.07, 6.45) is 4.51. The van der Waals surface area contributed by atoms with Crippen molar-refractivity contribution < 1.29 is 19.5 Å². The smallest absolute Gasteiger partial charge is 0.307 e. The number of nitrogens with one attached hydrogen (secondary N) is 2. The molecule has 0 spiro atoms. The zero-order valence-electron chi connectivity index (χ0n) is 10.9. The zero-order chi connectivity index (χ0) is 14.2. The first kappa shape index (κ1) is 13.6. The minimum atomic E-state index is -0.940. The molecule has 2 bridgehead atoms. The average molecular weight is 266 g/mol. The Morgan fingerprint density at radius 2 is 1.79 bits per heavy atom. The number of carboxylic acid groups (broad SMARTS) is 1. The number of amides is 2. The number of hydrogen-bond donors (Lipinski definition) is 3. The number of fused-ring (bicyclic) bond motifs is 2. The zero-order valence-corrected chi connectivity index (χ0v) is 10.9. The lowest BCUT2D eigenvalue weighted by Crippen LogP contribution is -2.48. The molecule has 2 rings (SSSR count). The lowest BCUT2D eigenvalue weighted by atomic mass is 9.82. The molecule has 0 radical (unpaired) electrons. The summed E-state index contributed by atoms with van der Waals surface area (Å²) in [6.45, 7) is 1.58. The van der Waals surface area contributed by atoms with Gasteiger partial charge in [-0.05, 0) is 25.2 Å². The van der Waals surface area contributed by atoms with Gasteiger partial charge in [-0.15, -0.1) is 0 Å². The molecule has 2 aliphatic carbocycles. The van der Waals surface area contributed by atoms with Gasteiger partial charge in [-0.3, -0.25) is 14.4 Å². The fraction of sp³-hybridized carbons (Fsp3) is 0.615. The van der Waals surface area contributed by atoms with E-state index < -0.39 is 23.8 Å². The first-order chi connectivity index (χ1) is 8.95. The van der Waals surface area contributed by atoms with Gasteiger partial charge in [0.25, 0.3) is 0 Å². The highest BCUT2D eigenvalue weighted by Gasteiger charge is 2.51. The third-order valence-electron chi connectivity index (χ3n) is 4.05. The molecule has 3 N–H and O–H groups in total. The normalized spacial score (nSPS) is 32.9. The second-order valence-electron chi connectivity index (χ2n) is 5.18. The van der Waals surface area contributed by atoms with Gasteiger partial charge in [-0.2, -0.15) is 0 Å². The average Bonchev–Trinajstić information content (AvgIpc) is 2.97. The highest BCUT2D eigenvalue weighted by Crippen LogP contribution is 2.48. The molecule has 6 heteroatoms.